The van der Waals surface area contributed by atoms with Crippen molar-refractivity contribution in [2.45, 2.75) is 37.3 Å². The van der Waals surface area contributed by atoms with Gasteiger partial charge in [-0.05, 0) is 30.9 Å². The van der Waals surface area contributed by atoms with Crippen LogP contribution in [0.5, 0.6) is 0 Å². The van der Waals surface area contributed by atoms with Gasteiger partial charge in [-0.15, -0.1) is 0 Å². The van der Waals surface area contributed by atoms with E-state index in [-0.39, 0.29) is 5.54 Å². The first kappa shape index (κ1) is 11.7. The van der Waals surface area contributed by atoms with E-state index in [0.717, 1.165) is 12.3 Å². The number of nitrogens with one attached hydrogen (secondary N) is 1. The van der Waals surface area contributed by atoms with Crippen molar-refractivity contribution in [3.8, 4) is 0 Å². The van der Waals surface area contributed by atoms with E-state index in [2.05, 4.69) is 5.32 Å². The number of hydrogen-bond donors (Lipinski definition) is 3. The van der Waals surface area contributed by atoms with Crippen molar-refractivity contribution in [3.63, 3.8) is 0 Å². The highest BCUT2D eigenvalue weighted by molar-refractivity contribution is 7.99. The molecule has 3 unspecified atom stereocenters. The number of nitrogens with two attached hydrogens (primary N) is 1. The molecule has 0 spiro atoms. The zero-order valence-corrected chi connectivity index (χ0v) is 10.1. The molecule has 1 heterocycles. The van der Waals surface area contributed by atoms with E-state index >= 15 is 0 Å². The highest BCUT2D eigenvalue weighted by Crippen LogP contribution is 2.32. The van der Waals surface area contributed by atoms with Crippen LogP contribution in [0.15, 0.2) is 0 Å². The summed E-state index contributed by atoms with van der Waals surface area (Å²) in [7, 11) is 0. The van der Waals surface area contributed by atoms with Gasteiger partial charge >= 0.3 is 0 Å². The molecule has 1 aliphatic heterocycles. The van der Waals surface area contributed by atoms with Gasteiger partial charge in [-0.25, -0.2) is 0 Å². The Balaban J connectivity index is 1.94. The van der Waals surface area contributed by atoms with Crippen molar-refractivity contribution in [1.82, 2.24) is 5.32 Å². The lowest BCUT2D eigenvalue weighted by atomic mass is 9.95. The van der Waals surface area contributed by atoms with Gasteiger partial charge in [-0.3, -0.25) is 0 Å². The Hall–Kier alpha value is 0.230. The van der Waals surface area contributed by atoms with Crippen LogP contribution in [0.4, 0.5) is 0 Å². The molecule has 1 saturated heterocycles. The quantitative estimate of drug-likeness (QED) is 0.661. The van der Waals surface area contributed by atoms with Crippen LogP contribution in [-0.2, 0) is 0 Å². The van der Waals surface area contributed by atoms with E-state index in [4.69, 9.17) is 5.73 Å². The number of thioether (sulfide) groups is 1. The normalized spacial score (nSPS) is 41.2. The maximum absolute atomic E-state index is 9.29. The summed E-state index contributed by atoms with van der Waals surface area (Å²) < 4.78 is 0. The average molecular weight is 230 g/mol. The van der Waals surface area contributed by atoms with E-state index in [1.54, 1.807) is 0 Å². The van der Waals surface area contributed by atoms with Crippen molar-refractivity contribution in [3.05, 3.63) is 0 Å². The second-order valence-corrected chi connectivity index (χ2v) is 6.02. The van der Waals surface area contributed by atoms with Crippen LogP contribution in [0.25, 0.3) is 0 Å². The molecule has 1 aliphatic carbocycles. The topological polar surface area (TPSA) is 58.3 Å². The average Bonchev–Trinajstić information content (AvgIpc) is 2.88. The minimum Gasteiger partial charge on any atom is -0.396 e. The van der Waals surface area contributed by atoms with Crippen LogP contribution in [0.2, 0.25) is 0 Å². The fourth-order valence-electron chi connectivity index (χ4n) is 2.78. The third-order valence-corrected chi connectivity index (χ3v) is 5.13. The van der Waals surface area contributed by atoms with Crippen molar-refractivity contribution in [2.24, 2.45) is 11.7 Å². The fraction of sp³-hybridized carbons (Fsp3) is 1.00. The van der Waals surface area contributed by atoms with E-state index in [9.17, 15) is 5.11 Å². The molecule has 4 heteroatoms. The van der Waals surface area contributed by atoms with Crippen LogP contribution >= 0.6 is 11.8 Å². The van der Waals surface area contributed by atoms with Crippen molar-refractivity contribution >= 4 is 11.8 Å². The zero-order valence-electron chi connectivity index (χ0n) is 9.24. The minimum atomic E-state index is 0.160. The molecule has 3 nitrogen and oxygen atoms in total. The minimum absolute atomic E-state index is 0.160. The molecule has 0 aromatic carbocycles. The number of rotatable bonds is 4. The van der Waals surface area contributed by atoms with E-state index < -0.39 is 0 Å². The Morgan fingerprint density at radius 3 is 2.93 bits per heavy atom. The molecular weight excluding hydrogens is 208 g/mol. The second kappa shape index (κ2) is 5.04. The highest BCUT2D eigenvalue weighted by atomic mass is 32.2. The monoisotopic (exact) mass is 230 g/mol. The molecule has 1 saturated carbocycles. The van der Waals surface area contributed by atoms with Gasteiger partial charge in [0.15, 0.2) is 0 Å². The van der Waals surface area contributed by atoms with E-state index in [1.807, 2.05) is 11.8 Å². The van der Waals surface area contributed by atoms with Crippen LogP contribution in [0, 0.1) is 5.92 Å². The van der Waals surface area contributed by atoms with E-state index in [1.165, 1.54) is 31.4 Å². The largest absolute Gasteiger partial charge is 0.396 e. The first-order chi connectivity index (χ1) is 7.29. The van der Waals surface area contributed by atoms with Gasteiger partial charge in [0.05, 0.1) is 0 Å². The molecule has 0 aromatic rings. The first-order valence-corrected chi connectivity index (χ1v) is 7.11. The van der Waals surface area contributed by atoms with Crippen LogP contribution in [0.3, 0.4) is 0 Å². The van der Waals surface area contributed by atoms with E-state index in [0.29, 0.717) is 18.6 Å². The Labute approximate surface area is 96.2 Å². The molecule has 3 atom stereocenters. The van der Waals surface area contributed by atoms with Crippen molar-refractivity contribution in [2.75, 3.05) is 24.7 Å². The smallest absolute Gasteiger partial charge is 0.0474 e. The lowest BCUT2D eigenvalue weighted by Gasteiger charge is -2.34. The van der Waals surface area contributed by atoms with Gasteiger partial charge in [0, 0.05) is 30.5 Å². The highest BCUT2D eigenvalue weighted by Gasteiger charge is 2.38. The predicted molar refractivity (Wildman–Crippen MR) is 65.1 cm³/mol. The molecule has 0 bridgehead atoms. The summed E-state index contributed by atoms with van der Waals surface area (Å²) in [5, 5.41) is 13.0. The van der Waals surface area contributed by atoms with Crippen LogP contribution < -0.4 is 11.1 Å². The summed E-state index contributed by atoms with van der Waals surface area (Å²) in [4.78, 5) is 0. The Morgan fingerprint density at radius 2 is 2.33 bits per heavy atom. The van der Waals surface area contributed by atoms with Gasteiger partial charge in [0.2, 0.25) is 0 Å². The molecule has 2 aliphatic rings. The third kappa shape index (κ3) is 2.49. The summed E-state index contributed by atoms with van der Waals surface area (Å²) in [5.41, 5.74) is 6.06. The maximum Gasteiger partial charge on any atom is 0.0474 e. The summed E-state index contributed by atoms with van der Waals surface area (Å²) in [6.07, 6.45) is 4.80. The molecule has 0 amide bonds. The maximum atomic E-state index is 9.29. The molecule has 4 N–H and O–H groups in total. The van der Waals surface area contributed by atoms with Gasteiger partial charge < -0.3 is 16.2 Å². The SMILES string of the molecule is NCC1(NC2CCCC2CO)CCSC1. The fourth-order valence-corrected chi connectivity index (χ4v) is 4.20. The molecule has 15 heavy (non-hydrogen) atoms. The lowest BCUT2D eigenvalue weighted by Crippen LogP contribution is -2.56. The second-order valence-electron chi connectivity index (χ2n) is 4.91. The van der Waals surface area contributed by atoms with Crippen molar-refractivity contribution in [1.29, 1.82) is 0 Å². The molecule has 88 valence electrons. The molecule has 2 fully saturated rings. The van der Waals surface area contributed by atoms with Gasteiger partial charge in [0.25, 0.3) is 0 Å². The molecule has 0 radical (unpaired) electrons. The molecular formula is C11H22N2OS. The Bertz CT molecular complexity index is 207. The predicted octanol–water partition coefficient (Wildman–Crippen LogP) is 0.571. The Kier molecular flexibility index (Phi) is 3.93. The summed E-state index contributed by atoms with van der Waals surface area (Å²) >= 11 is 1.99. The summed E-state index contributed by atoms with van der Waals surface area (Å²) in [6.45, 7) is 1.06. The molecule has 0 aromatic heterocycles. The third-order valence-electron chi connectivity index (χ3n) is 3.88. The standard InChI is InChI=1S/C11H22N2OS/c12-7-11(4-5-15-8-11)13-10-3-1-2-9(10)6-14/h9-10,13-14H,1-8,12H2. The summed E-state index contributed by atoms with van der Waals surface area (Å²) in [5.74, 6) is 2.82. The van der Waals surface area contributed by atoms with Gasteiger partial charge in [0.1, 0.15) is 0 Å². The first-order valence-electron chi connectivity index (χ1n) is 5.96. The van der Waals surface area contributed by atoms with Gasteiger partial charge in [-0.1, -0.05) is 6.42 Å². The van der Waals surface area contributed by atoms with Gasteiger partial charge in [-0.2, -0.15) is 11.8 Å². The lowest BCUT2D eigenvalue weighted by molar-refractivity contribution is 0.185. The molecule has 2 rings (SSSR count). The number of hydrogen-bond acceptors (Lipinski definition) is 4. The Morgan fingerprint density at radius 1 is 1.47 bits per heavy atom. The van der Waals surface area contributed by atoms with Crippen LogP contribution in [0.1, 0.15) is 25.7 Å². The van der Waals surface area contributed by atoms with Crippen LogP contribution in [-0.4, -0.2) is 41.3 Å². The summed E-state index contributed by atoms with van der Waals surface area (Å²) in [6, 6.07) is 0.497. The zero-order chi connectivity index (χ0) is 10.7. The van der Waals surface area contributed by atoms with Crippen molar-refractivity contribution < 1.29 is 5.11 Å². The number of aliphatic hydroxyl groups is 1. The number of aliphatic hydroxyl groups excluding tert-OH is 1.